The van der Waals surface area contributed by atoms with E-state index in [9.17, 15) is 0 Å². The van der Waals surface area contributed by atoms with Gasteiger partial charge in [-0.3, -0.25) is 4.98 Å². The topological polar surface area (TPSA) is 12.9 Å². The van der Waals surface area contributed by atoms with Crippen LogP contribution in [0.1, 0.15) is 13.8 Å². The predicted molar refractivity (Wildman–Crippen MR) is 53.2 cm³/mol. The largest absolute Gasteiger partial charge is 0.265 e. The third-order valence-electron chi connectivity index (χ3n) is 1.01. The van der Waals surface area contributed by atoms with Crippen LogP contribution in [0.15, 0.2) is 54.9 Å². The average Bonchev–Trinajstić information content (AvgIpc) is 2.18. The minimum Gasteiger partial charge on any atom is -0.265 e. The maximum atomic E-state index is 3.96. The molecule has 0 bridgehead atoms. The molecule has 0 atom stereocenters. The second-order valence-corrected chi connectivity index (χ2v) is 1.79. The highest BCUT2D eigenvalue weighted by atomic mass is 14.6. The number of nitrogens with zero attached hydrogens (tertiary/aromatic N) is 1. The molecule has 1 aromatic heterocycles. The van der Waals surface area contributed by atoms with Gasteiger partial charge in [0.05, 0.1) is 0 Å². The van der Waals surface area contributed by atoms with E-state index in [-0.39, 0.29) is 0 Å². The van der Waals surface area contributed by atoms with Gasteiger partial charge in [-0.15, -0.1) is 0 Å². The molecule has 0 aromatic carbocycles. The summed E-state index contributed by atoms with van der Waals surface area (Å²) in [6.45, 7) is 4.00. The molecule has 0 aliphatic carbocycles. The fourth-order valence-electron chi connectivity index (χ4n) is 0.569. The van der Waals surface area contributed by atoms with E-state index in [0.717, 1.165) is 0 Å². The number of aromatic nitrogens is 1. The SMILES string of the molecule is CC.c1ccccncccc1. The van der Waals surface area contributed by atoms with Crippen molar-refractivity contribution in [3.05, 3.63) is 54.9 Å². The maximum Gasteiger partial charge on any atom is 0.0267 e. The summed E-state index contributed by atoms with van der Waals surface area (Å²) >= 11 is 0. The molecule has 1 nitrogen and oxygen atoms in total. The van der Waals surface area contributed by atoms with Gasteiger partial charge < -0.3 is 0 Å². The van der Waals surface area contributed by atoms with Crippen LogP contribution in [0.4, 0.5) is 0 Å². The lowest BCUT2D eigenvalue weighted by atomic mass is 10.4. The summed E-state index contributed by atoms with van der Waals surface area (Å²) in [6, 6.07) is 13.5. The Labute approximate surface area is 74.4 Å². The standard InChI is InChI=1S/C9H9N.C2H6/c1-2-4-6-8-10-9-7-5-3-1;1-2/h1-9H;1-2H3. The van der Waals surface area contributed by atoms with Crippen LogP contribution >= 0.6 is 0 Å². The third kappa shape index (κ3) is 6.75. The van der Waals surface area contributed by atoms with Crippen LogP contribution in [0.5, 0.6) is 0 Å². The van der Waals surface area contributed by atoms with E-state index < -0.39 is 0 Å². The minimum absolute atomic E-state index is 1.75. The molecule has 0 amide bonds. The van der Waals surface area contributed by atoms with Crippen molar-refractivity contribution in [1.29, 1.82) is 0 Å². The maximum absolute atomic E-state index is 3.96. The number of hydrogen-bond donors (Lipinski definition) is 0. The molecule has 0 aliphatic rings. The van der Waals surface area contributed by atoms with Gasteiger partial charge in [0.25, 0.3) is 0 Å². The van der Waals surface area contributed by atoms with Gasteiger partial charge in [-0.25, -0.2) is 0 Å². The highest BCUT2D eigenvalue weighted by Gasteiger charge is 1.58. The van der Waals surface area contributed by atoms with Gasteiger partial charge in [0, 0.05) is 12.4 Å². The Kier molecular flexibility index (Phi) is 8.53. The van der Waals surface area contributed by atoms with Crippen molar-refractivity contribution >= 4 is 0 Å². The van der Waals surface area contributed by atoms with Crippen molar-refractivity contribution in [3.8, 4) is 0 Å². The Bertz CT molecular complexity index is 144. The van der Waals surface area contributed by atoms with Gasteiger partial charge in [-0.05, 0) is 12.1 Å². The lowest BCUT2D eigenvalue weighted by Crippen LogP contribution is -1.56. The van der Waals surface area contributed by atoms with Crippen LogP contribution in [0, 0.1) is 0 Å². The minimum atomic E-state index is 1.75. The first-order valence-electron chi connectivity index (χ1n) is 4.18. The van der Waals surface area contributed by atoms with Crippen LogP contribution in [0.3, 0.4) is 0 Å². The van der Waals surface area contributed by atoms with Crippen molar-refractivity contribution in [1.82, 2.24) is 4.98 Å². The fourth-order valence-corrected chi connectivity index (χ4v) is 0.569. The molecular weight excluding hydrogens is 146 g/mol. The van der Waals surface area contributed by atoms with Crippen LogP contribution in [0.2, 0.25) is 0 Å². The van der Waals surface area contributed by atoms with Gasteiger partial charge in [0.2, 0.25) is 0 Å². The molecule has 0 unspecified atom stereocenters. The molecule has 0 radical (unpaired) electrons. The zero-order valence-electron chi connectivity index (χ0n) is 7.64. The van der Waals surface area contributed by atoms with Crippen molar-refractivity contribution in [2.45, 2.75) is 13.8 Å². The van der Waals surface area contributed by atoms with Gasteiger partial charge >= 0.3 is 0 Å². The lowest BCUT2D eigenvalue weighted by Gasteiger charge is -1.70. The predicted octanol–water partition coefficient (Wildman–Crippen LogP) is 3.23. The molecule has 1 heteroatoms. The molecule has 0 saturated heterocycles. The van der Waals surface area contributed by atoms with Crippen molar-refractivity contribution in [2.75, 3.05) is 0 Å². The second kappa shape index (κ2) is 9.63. The van der Waals surface area contributed by atoms with E-state index in [1.807, 2.05) is 56.3 Å². The summed E-state index contributed by atoms with van der Waals surface area (Å²) in [5.41, 5.74) is 0. The molecule has 64 valence electrons. The highest BCUT2D eigenvalue weighted by molar-refractivity contribution is 4.94. The van der Waals surface area contributed by atoms with Crippen molar-refractivity contribution < 1.29 is 0 Å². The van der Waals surface area contributed by atoms with Crippen LogP contribution in [-0.4, -0.2) is 4.98 Å². The van der Waals surface area contributed by atoms with Crippen LogP contribution in [0.25, 0.3) is 0 Å². The molecular formula is C11H15N. The van der Waals surface area contributed by atoms with E-state index in [1.54, 1.807) is 12.4 Å². The Morgan fingerprint density at radius 1 is 0.583 bits per heavy atom. The Hall–Kier alpha value is -1.37. The summed E-state index contributed by atoms with van der Waals surface area (Å²) in [7, 11) is 0. The van der Waals surface area contributed by atoms with E-state index in [0.29, 0.717) is 0 Å². The summed E-state index contributed by atoms with van der Waals surface area (Å²) in [6.07, 6.45) is 3.50. The van der Waals surface area contributed by atoms with E-state index in [4.69, 9.17) is 0 Å². The summed E-state index contributed by atoms with van der Waals surface area (Å²) < 4.78 is 0. The number of rotatable bonds is 0. The molecule has 1 rings (SSSR count). The fraction of sp³-hybridized carbons (Fsp3) is 0.182. The summed E-state index contributed by atoms with van der Waals surface area (Å²) in [4.78, 5) is 3.96. The van der Waals surface area contributed by atoms with E-state index in [1.165, 1.54) is 0 Å². The zero-order chi connectivity index (χ0) is 9.07. The van der Waals surface area contributed by atoms with Gasteiger partial charge in [-0.2, -0.15) is 0 Å². The molecule has 1 aromatic rings. The third-order valence-corrected chi connectivity index (χ3v) is 1.01. The molecule has 1 heterocycles. The first-order valence-corrected chi connectivity index (χ1v) is 4.18. The molecule has 0 spiro atoms. The van der Waals surface area contributed by atoms with Gasteiger partial charge in [0.15, 0.2) is 0 Å². The van der Waals surface area contributed by atoms with Crippen LogP contribution in [-0.2, 0) is 0 Å². The van der Waals surface area contributed by atoms with Crippen molar-refractivity contribution in [2.24, 2.45) is 0 Å². The van der Waals surface area contributed by atoms with Crippen LogP contribution < -0.4 is 0 Å². The number of hydrogen-bond acceptors (Lipinski definition) is 1. The quantitative estimate of drug-likeness (QED) is 0.569. The van der Waals surface area contributed by atoms with Crippen molar-refractivity contribution in [3.63, 3.8) is 0 Å². The van der Waals surface area contributed by atoms with Gasteiger partial charge in [-0.1, -0.05) is 44.2 Å². The molecule has 0 saturated carbocycles. The molecule has 0 aliphatic heterocycles. The van der Waals surface area contributed by atoms with Gasteiger partial charge in [0.1, 0.15) is 0 Å². The Morgan fingerprint density at radius 3 is 1.33 bits per heavy atom. The Balaban J connectivity index is 0.000000561. The Morgan fingerprint density at radius 2 is 0.917 bits per heavy atom. The summed E-state index contributed by atoms with van der Waals surface area (Å²) in [5, 5.41) is 0. The smallest absolute Gasteiger partial charge is 0.0267 e. The highest BCUT2D eigenvalue weighted by Crippen LogP contribution is 1.77. The summed E-state index contributed by atoms with van der Waals surface area (Å²) in [5.74, 6) is 0. The first-order chi connectivity index (χ1) is 6.00. The molecule has 0 fully saturated rings. The normalized spacial score (nSPS) is 7.17. The zero-order valence-corrected chi connectivity index (χ0v) is 7.64. The first kappa shape index (κ1) is 10.6. The second-order valence-electron chi connectivity index (χ2n) is 1.79. The van der Waals surface area contributed by atoms with E-state index >= 15 is 0 Å². The molecule has 12 heavy (non-hydrogen) atoms. The lowest BCUT2D eigenvalue weighted by molar-refractivity contribution is 1.35. The monoisotopic (exact) mass is 161 g/mol. The van der Waals surface area contributed by atoms with E-state index in [2.05, 4.69) is 4.98 Å². The molecule has 0 N–H and O–H groups in total. The average molecular weight is 161 g/mol.